The maximum Gasteiger partial charge on any atom is 0.417 e. The lowest BCUT2D eigenvalue weighted by Gasteiger charge is -2.32. The van der Waals surface area contributed by atoms with Crippen LogP contribution in [-0.4, -0.2) is 29.1 Å². The molecule has 1 N–H and O–H groups in total. The zero-order valence-corrected chi connectivity index (χ0v) is 11.8. The fraction of sp³-hybridized carbons (Fsp3) is 0.538. The second-order valence-corrected chi connectivity index (χ2v) is 5.46. The van der Waals surface area contributed by atoms with Crippen LogP contribution in [0, 0.1) is 5.92 Å². The van der Waals surface area contributed by atoms with Gasteiger partial charge in [-0.1, -0.05) is 11.6 Å². The molecule has 0 unspecified atom stereocenters. The van der Waals surface area contributed by atoms with E-state index in [0.29, 0.717) is 31.7 Å². The number of nitrogens with zero attached hydrogens (tertiary/aromatic N) is 2. The molecule has 1 aromatic rings. The van der Waals surface area contributed by atoms with Gasteiger partial charge in [-0.15, -0.1) is 0 Å². The standard InChI is InChI=1S/C13H14ClF3N2O2/c14-10-6-9(13(15,16)17)7-18-12(10)19-3-1-8(2-4-19)5-11(20)21/h6-8H,1-5H2,(H,20,21). The average Bonchev–Trinajstić information content (AvgIpc) is 2.38. The van der Waals surface area contributed by atoms with Gasteiger partial charge >= 0.3 is 12.1 Å². The highest BCUT2D eigenvalue weighted by Crippen LogP contribution is 2.34. The molecule has 0 aliphatic carbocycles. The Hall–Kier alpha value is -1.50. The maximum atomic E-state index is 12.5. The van der Waals surface area contributed by atoms with E-state index in [-0.39, 0.29) is 17.4 Å². The SMILES string of the molecule is O=C(O)CC1CCN(c2ncc(C(F)(F)F)cc2Cl)CC1. The summed E-state index contributed by atoms with van der Waals surface area (Å²) in [5.41, 5.74) is -0.878. The van der Waals surface area contributed by atoms with Crippen LogP contribution in [0.5, 0.6) is 0 Å². The Morgan fingerprint density at radius 3 is 2.52 bits per heavy atom. The van der Waals surface area contributed by atoms with Gasteiger partial charge in [0.25, 0.3) is 0 Å². The molecule has 2 heterocycles. The summed E-state index contributed by atoms with van der Waals surface area (Å²) in [6, 6.07) is 0.868. The van der Waals surface area contributed by atoms with Crippen molar-refractivity contribution >= 4 is 23.4 Å². The predicted octanol–water partition coefficient (Wildman–Crippen LogP) is 3.44. The molecule has 0 atom stereocenters. The molecule has 2 rings (SSSR count). The van der Waals surface area contributed by atoms with Crippen molar-refractivity contribution in [1.82, 2.24) is 4.98 Å². The first-order valence-electron chi connectivity index (χ1n) is 6.47. The van der Waals surface area contributed by atoms with Crippen LogP contribution < -0.4 is 4.90 Å². The largest absolute Gasteiger partial charge is 0.481 e. The predicted molar refractivity (Wildman–Crippen MR) is 71.4 cm³/mol. The Morgan fingerprint density at radius 1 is 1.43 bits per heavy atom. The highest BCUT2D eigenvalue weighted by Gasteiger charge is 2.32. The minimum Gasteiger partial charge on any atom is -0.481 e. The van der Waals surface area contributed by atoms with Crippen molar-refractivity contribution in [3.8, 4) is 0 Å². The molecule has 0 aromatic carbocycles. The number of carboxylic acids is 1. The van der Waals surface area contributed by atoms with Gasteiger partial charge in [-0.3, -0.25) is 4.79 Å². The van der Waals surface area contributed by atoms with E-state index in [1.54, 1.807) is 4.90 Å². The van der Waals surface area contributed by atoms with Gasteiger partial charge in [0.2, 0.25) is 0 Å². The zero-order chi connectivity index (χ0) is 15.6. The molecule has 1 aliphatic heterocycles. The molecular formula is C13H14ClF3N2O2. The summed E-state index contributed by atoms with van der Waals surface area (Å²) in [5, 5.41) is 8.71. The number of pyridine rings is 1. The first-order chi connectivity index (χ1) is 9.77. The molecule has 0 spiro atoms. The van der Waals surface area contributed by atoms with Gasteiger partial charge in [0.1, 0.15) is 5.82 Å². The summed E-state index contributed by atoms with van der Waals surface area (Å²) >= 11 is 5.89. The number of hydrogen-bond donors (Lipinski definition) is 1. The average molecular weight is 323 g/mol. The van der Waals surface area contributed by atoms with Crippen molar-refractivity contribution < 1.29 is 23.1 Å². The molecule has 1 fully saturated rings. The van der Waals surface area contributed by atoms with Crippen molar-refractivity contribution in [2.45, 2.75) is 25.4 Å². The Labute approximate surface area is 124 Å². The number of hydrogen-bond acceptors (Lipinski definition) is 3. The lowest BCUT2D eigenvalue weighted by Crippen LogP contribution is -2.35. The number of halogens is 4. The highest BCUT2D eigenvalue weighted by atomic mass is 35.5. The van der Waals surface area contributed by atoms with Crippen LogP contribution in [0.1, 0.15) is 24.8 Å². The molecule has 21 heavy (non-hydrogen) atoms. The fourth-order valence-electron chi connectivity index (χ4n) is 2.41. The van der Waals surface area contributed by atoms with Crippen LogP contribution in [0.15, 0.2) is 12.3 Å². The van der Waals surface area contributed by atoms with E-state index < -0.39 is 17.7 Å². The maximum absolute atomic E-state index is 12.5. The van der Waals surface area contributed by atoms with E-state index in [1.165, 1.54) is 0 Å². The first-order valence-corrected chi connectivity index (χ1v) is 6.84. The van der Waals surface area contributed by atoms with Gasteiger partial charge in [0.05, 0.1) is 10.6 Å². The van der Waals surface area contributed by atoms with E-state index in [0.717, 1.165) is 12.3 Å². The van der Waals surface area contributed by atoms with Crippen molar-refractivity contribution in [2.75, 3.05) is 18.0 Å². The lowest BCUT2D eigenvalue weighted by molar-refractivity contribution is -0.138. The van der Waals surface area contributed by atoms with Crippen molar-refractivity contribution in [3.63, 3.8) is 0 Å². The molecular weight excluding hydrogens is 309 g/mol. The topological polar surface area (TPSA) is 53.4 Å². The van der Waals surface area contributed by atoms with Crippen LogP contribution in [0.4, 0.5) is 19.0 Å². The molecule has 0 amide bonds. The minimum atomic E-state index is -4.47. The van der Waals surface area contributed by atoms with Gasteiger partial charge in [0.15, 0.2) is 0 Å². The second kappa shape index (κ2) is 6.09. The van der Waals surface area contributed by atoms with Crippen molar-refractivity contribution in [2.24, 2.45) is 5.92 Å². The third-order valence-corrected chi connectivity index (χ3v) is 3.80. The van der Waals surface area contributed by atoms with Crippen LogP contribution in [-0.2, 0) is 11.0 Å². The Morgan fingerprint density at radius 2 is 2.05 bits per heavy atom. The van der Waals surface area contributed by atoms with Crippen molar-refractivity contribution in [1.29, 1.82) is 0 Å². The Kier molecular flexibility index (Phi) is 4.61. The van der Waals surface area contributed by atoms with Crippen LogP contribution in [0.25, 0.3) is 0 Å². The first kappa shape index (κ1) is 15.9. The summed E-state index contributed by atoms with van der Waals surface area (Å²) in [7, 11) is 0. The summed E-state index contributed by atoms with van der Waals surface area (Å²) in [6.45, 7) is 1.08. The molecule has 116 valence electrons. The van der Waals surface area contributed by atoms with Crippen LogP contribution in [0.3, 0.4) is 0 Å². The monoisotopic (exact) mass is 322 g/mol. The molecule has 0 bridgehead atoms. The number of carboxylic acid groups (broad SMARTS) is 1. The smallest absolute Gasteiger partial charge is 0.417 e. The van der Waals surface area contributed by atoms with Gasteiger partial charge < -0.3 is 10.0 Å². The van der Waals surface area contributed by atoms with E-state index in [1.807, 2.05) is 0 Å². The van der Waals surface area contributed by atoms with Gasteiger partial charge in [-0.05, 0) is 24.8 Å². The molecule has 1 aromatic heterocycles. The number of aromatic nitrogens is 1. The van der Waals surface area contributed by atoms with Crippen molar-refractivity contribution in [3.05, 3.63) is 22.8 Å². The summed E-state index contributed by atoms with van der Waals surface area (Å²) in [5.74, 6) is -0.426. The van der Waals surface area contributed by atoms with E-state index in [2.05, 4.69) is 4.98 Å². The number of carbonyl (C=O) groups is 1. The van der Waals surface area contributed by atoms with Gasteiger partial charge in [-0.25, -0.2) is 4.98 Å². The molecule has 0 radical (unpaired) electrons. The van der Waals surface area contributed by atoms with Gasteiger partial charge in [-0.2, -0.15) is 13.2 Å². The van der Waals surface area contributed by atoms with E-state index >= 15 is 0 Å². The summed E-state index contributed by atoms with van der Waals surface area (Å²) in [4.78, 5) is 16.3. The third-order valence-electron chi connectivity index (χ3n) is 3.53. The van der Waals surface area contributed by atoms with E-state index in [4.69, 9.17) is 16.7 Å². The summed E-state index contributed by atoms with van der Waals surface area (Å²) < 4.78 is 37.6. The lowest BCUT2D eigenvalue weighted by atomic mass is 9.93. The fourth-order valence-corrected chi connectivity index (χ4v) is 2.70. The van der Waals surface area contributed by atoms with Crippen LogP contribution >= 0.6 is 11.6 Å². The van der Waals surface area contributed by atoms with Gasteiger partial charge in [0, 0.05) is 25.7 Å². The molecule has 1 saturated heterocycles. The number of anilines is 1. The minimum absolute atomic E-state index is 0.0403. The summed E-state index contributed by atoms with van der Waals surface area (Å²) in [6.07, 6.45) is -2.27. The van der Waals surface area contributed by atoms with E-state index in [9.17, 15) is 18.0 Å². The Bertz CT molecular complexity index is 529. The highest BCUT2D eigenvalue weighted by molar-refractivity contribution is 6.33. The molecule has 8 heteroatoms. The number of piperidine rings is 1. The Balaban J connectivity index is 2.05. The molecule has 1 aliphatic rings. The zero-order valence-electron chi connectivity index (χ0n) is 11.0. The normalized spacial score (nSPS) is 17.0. The number of aliphatic carboxylic acids is 1. The molecule has 4 nitrogen and oxygen atoms in total. The van der Waals surface area contributed by atoms with Crippen LogP contribution in [0.2, 0.25) is 5.02 Å². The molecule has 0 saturated carbocycles. The number of alkyl halides is 3. The quantitative estimate of drug-likeness (QED) is 0.926. The third kappa shape index (κ3) is 4.00. The second-order valence-electron chi connectivity index (χ2n) is 5.06. The number of rotatable bonds is 3.